The molecule has 2 nitrogen and oxygen atoms in total. The number of hydrogen-bond donors (Lipinski definition) is 1. The maximum absolute atomic E-state index is 11.3. The van der Waals surface area contributed by atoms with Crippen molar-refractivity contribution >= 4 is 17.6 Å². The number of hydrogen-bond acceptors (Lipinski definition) is 1. The van der Waals surface area contributed by atoms with Gasteiger partial charge in [-0.05, 0) is 50.4 Å². The summed E-state index contributed by atoms with van der Waals surface area (Å²) in [7, 11) is 0. The lowest BCUT2D eigenvalue weighted by Crippen LogP contribution is -2.55. The number of alkyl halides is 1. The third-order valence-electron chi connectivity index (χ3n) is 4.44. The molecule has 3 heteroatoms. The van der Waals surface area contributed by atoms with Crippen LogP contribution in [0, 0.1) is 17.3 Å². The molecule has 4 fully saturated rings. The Balaban J connectivity index is 2.00. The molecule has 4 rings (SSSR count). The van der Waals surface area contributed by atoms with Crippen molar-refractivity contribution in [2.75, 3.05) is 0 Å². The minimum Gasteiger partial charge on any atom is -0.481 e. The quantitative estimate of drug-likeness (QED) is 0.682. The van der Waals surface area contributed by atoms with E-state index < -0.39 is 11.4 Å². The molecule has 2 atom stereocenters. The van der Waals surface area contributed by atoms with Gasteiger partial charge in [0.05, 0.1) is 5.41 Å². The zero-order valence-electron chi connectivity index (χ0n) is 8.13. The van der Waals surface area contributed by atoms with Crippen molar-refractivity contribution in [2.24, 2.45) is 17.3 Å². The van der Waals surface area contributed by atoms with E-state index in [4.69, 9.17) is 11.6 Å². The Labute approximate surface area is 88.6 Å². The van der Waals surface area contributed by atoms with Crippen LogP contribution in [0.25, 0.3) is 0 Å². The van der Waals surface area contributed by atoms with E-state index in [2.05, 4.69) is 0 Å². The molecule has 0 unspecified atom stereocenters. The standard InChI is InChI=1S/C11H15ClO2/c12-11-4-7-1-8(5-11)3-10(2-7,6-11)9(13)14/h7-8H,1-6H2,(H,13,14)/t7-,8-,10?,11?/m0/s1. The van der Waals surface area contributed by atoms with Gasteiger partial charge in [-0.1, -0.05) is 0 Å². The molecule has 0 aromatic heterocycles. The fourth-order valence-corrected chi connectivity index (χ4v) is 5.09. The topological polar surface area (TPSA) is 37.3 Å². The Morgan fingerprint density at radius 1 is 1.21 bits per heavy atom. The summed E-state index contributed by atoms with van der Waals surface area (Å²) in [5.74, 6) is 0.575. The molecule has 4 saturated carbocycles. The van der Waals surface area contributed by atoms with Gasteiger partial charge >= 0.3 is 5.97 Å². The lowest BCUT2D eigenvalue weighted by atomic mass is 9.49. The molecular weight excluding hydrogens is 200 g/mol. The zero-order chi connectivity index (χ0) is 9.97. The highest BCUT2D eigenvalue weighted by Gasteiger charge is 2.60. The van der Waals surface area contributed by atoms with E-state index in [1.807, 2.05) is 0 Å². The van der Waals surface area contributed by atoms with Gasteiger partial charge in [-0.25, -0.2) is 0 Å². The van der Waals surface area contributed by atoms with Crippen LogP contribution in [0.3, 0.4) is 0 Å². The van der Waals surface area contributed by atoms with Gasteiger partial charge in [-0.3, -0.25) is 4.79 Å². The van der Waals surface area contributed by atoms with Gasteiger partial charge < -0.3 is 5.11 Å². The second kappa shape index (κ2) is 2.46. The Morgan fingerprint density at radius 3 is 2.21 bits per heavy atom. The van der Waals surface area contributed by atoms with Gasteiger partial charge in [-0.15, -0.1) is 11.6 Å². The number of halogens is 1. The van der Waals surface area contributed by atoms with E-state index >= 15 is 0 Å². The van der Waals surface area contributed by atoms with Crippen molar-refractivity contribution in [3.8, 4) is 0 Å². The summed E-state index contributed by atoms with van der Waals surface area (Å²) in [5, 5.41) is 9.33. The van der Waals surface area contributed by atoms with Crippen LogP contribution < -0.4 is 0 Å². The summed E-state index contributed by atoms with van der Waals surface area (Å²) in [4.78, 5) is 11.2. The number of carboxylic acid groups (broad SMARTS) is 1. The average Bonchev–Trinajstić information content (AvgIpc) is 1.98. The van der Waals surface area contributed by atoms with Crippen LogP contribution in [0.1, 0.15) is 38.5 Å². The minimum atomic E-state index is -0.600. The maximum atomic E-state index is 11.3. The molecule has 1 N–H and O–H groups in total. The highest BCUT2D eigenvalue weighted by atomic mass is 35.5. The first-order valence-electron chi connectivity index (χ1n) is 5.44. The molecule has 4 aliphatic rings. The first-order chi connectivity index (χ1) is 6.51. The van der Waals surface area contributed by atoms with Crippen molar-refractivity contribution in [2.45, 2.75) is 43.4 Å². The predicted octanol–water partition coefficient (Wildman–Crippen LogP) is 2.65. The molecule has 0 radical (unpaired) electrons. The molecule has 14 heavy (non-hydrogen) atoms. The van der Waals surface area contributed by atoms with Gasteiger partial charge in [-0.2, -0.15) is 0 Å². The van der Waals surface area contributed by atoms with Gasteiger partial charge in [0.15, 0.2) is 0 Å². The average molecular weight is 215 g/mol. The van der Waals surface area contributed by atoms with Crippen LogP contribution in [-0.2, 0) is 4.79 Å². The molecule has 4 aliphatic carbocycles. The van der Waals surface area contributed by atoms with Crippen molar-refractivity contribution in [1.29, 1.82) is 0 Å². The van der Waals surface area contributed by atoms with Crippen molar-refractivity contribution in [3.63, 3.8) is 0 Å². The SMILES string of the molecule is O=C(O)C12C[C@@H]3C[C@H](CC(Cl)(C3)C1)C2. The van der Waals surface area contributed by atoms with Crippen LogP contribution in [0.5, 0.6) is 0 Å². The Kier molecular flexibility index (Phi) is 1.59. The van der Waals surface area contributed by atoms with Crippen molar-refractivity contribution in [1.82, 2.24) is 0 Å². The van der Waals surface area contributed by atoms with Crippen LogP contribution >= 0.6 is 11.6 Å². The van der Waals surface area contributed by atoms with Crippen molar-refractivity contribution < 1.29 is 9.90 Å². The summed E-state index contributed by atoms with van der Waals surface area (Å²) in [5.41, 5.74) is -0.453. The van der Waals surface area contributed by atoms with E-state index in [-0.39, 0.29) is 4.87 Å². The summed E-state index contributed by atoms with van der Waals surface area (Å²) >= 11 is 6.50. The first kappa shape index (κ1) is 9.02. The lowest BCUT2D eigenvalue weighted by molar-refractivity contribution is -0.163. The summed E-state index contributed by atoms with van der Waals surface area (Å²) < 4.78 is 0. The van der Waals surface area contributed by atoms with Gasteiger partial charge in [0.1, 0.15) is 0 Å². The number of rotatable bonds is 1. The zero-order valence-corrected chi connectivity index (χ0v) is 8.89. The monoisotopic (exact) mass is 214 g/mol. The largest absolute Gasteiger partial charge is 0.481 e. The minimum absolute atomic E-state index is 0.164. The fraction of sp³-hybridized carbons (Fsp3) is 0.909. The second-order valence-electron chi connectivity index (χ2n) is 5.70. The molecule has 0 aromatic carbocycles. The van der Waals surface area contributed by atoms with E-state index in [1.165, 1.54) is 6.42 Å². The fourth-order valence-electron chi connectivity index (χ4n) is 4.40. The Bertz CT molecular complexity index is 286. The Morgan fingerprint density at radius 2 is 1.79 bits per heavy atom. The van der Waals surface area contributed by atoms with E-state index in [9.17, 15) is 9.90 Å². The van der Waals surface area contributed by atoms with Gasteiger partial charge in [0.25, 0.3) is 0 Å². The van der Waals surface area contributed by atoms with Crippen LogP contribution in [0.4, 0.5) is 0 Å². The normalized spacial score (nSPS) is 54.9. The summed E-state index contributed by atoms with van der Waals surface area (Å²) in [6.07, 6.45) is 5.81. The molecule has 0 spiro atoms. The van der Waals surface area contributed by atoms with E-state index in [1.54, 1.807) is 0 Å². The molecule has 0 heterocycles. The van der Waals surface area contributed by atoms with Crippen LogP contribution in [0.15, 0.2) is 0 Å². The number of carboxylic acids is 1. The molecule has 0 aromatic rings. The number of carbonyl (C=O) groups is 1. The third-order valence-corrected chi connectivity index (χ3v) is 4.89. The maximum Gasteiger partial charge on any atom is 0.309 e. The highest BCUT2D eigenvalue weighted by molar-refractivity contribution is 6.24. The molecule has 4 bridgehead atoms. The molecular formula is C11H15ClO2. The van der Waals surface area contributed by atoms with E-state index in [0.717, 1.165) is 25.7 Å². The second-order valence-corrected chi connectivity index (χ2v) is 6.50. The van der Waals surface area contributed by atoms with E-state index in [0.29, 0.717) is 18.3 Å². The summed E-state index contributed by atoms with van der Waals surface area (Å²) in [6.45, 7) is 0. The third kappa shape index (κ3) is 1.06. The van der Waals surface area contributed by atoms with Crippen molar-refractivity contribution in [3.05, 3.63) is 0 Å². The lowest BCUT2D eigenvalue weighted by Gasteiger charge is -2.58. The highest BCUT2D eigenvalue weighted by Crippen LogP contribution is 2.63. The molecule has 0 amide bonds. The first-order valence-corrected chi connectivity index (χ1v) is 5.82. The van der Waals surface area contributed by atoms with Crippen LogP contribution in [0.2, 0.25) is 0 Å². The van der Waals surface area contributed by atoms with Crippen LogP contribution in [-0.4, -0.2) is 16.0 Å². The summed E-state index contributed by atoms with van der Waals surface area (Å²) in [6, 6.07) is 0. The Hall–Kier alpha value is -0.240. The number of aliphatic carboxylic acids is 1. The molecule has 0 saturated heterocycles. The van der Waals surface area contributed by atoms with Gasteiger partial charge in [0, 0.05) is 4.87 Å². The molecule has 78 valence electrons. The van der Waals surface area contributed by atoms with Gasteiger partial charge in [0.2, 0.25) is 0 Å². The predicted molar refractivity (Wildman–Crippen MR) is 53.3 cm³/mol. The smallest absolute Gasteiger partial charge is 0.309 e. The molecule has 0 aliphatic heterocycles.